The van der Waals surface area contributed by atoms with Gasteiger partial charge in [0, 0.05) is 17.0 Å². The monoisotopic (exact) mass is 281 g/mol. The maximum atomic E-state index is 10.7. The van der Waals surface area contributed by atoms with Gasteiger partial charge in [-0.3, -0.25) is 0 Å². The molecule has 2 unspecified atom stereocenters. The SMILES string of the molecule is CSC(C)CCNC(C)c1ccc(NC(N)=O)cc1. The summed E-state index contributed by atoms with van der Waals surface area (Å²) in [6.07, 6.45) is 3.30. The third-order valence-corrected chi connectivity index (χ3v) is 4.12. The van der Waals surface area contributed by atoms with Gasteiger partial charge >= 0.3 is 6.03 Å². The quantitative estimate of drug-likeness (QED) is 0.720. The van der Waals surface area contributed by atoms with E-state index in [0.29, 0.717) is 11.3 Å². The number of primary amides is 1. The highest BCUT2D eigenvalue weighted by atomic mass is 32.2. The van der Waals surface area contributed by atoms with Gasteiger partial charge in [-0.25, -0.2) is 4.79 Å². The number of hydrogen-bond donors (Lipinski definition) is 3. The van der Waals surface area contributed by atoms with Crippen LogP contribution in [0.15, 0.2) is 24.3 Å². The van der Waals surface area contributed by atoms with E-state index in [1.807, 2.05) is 36.0 Å². The standard InChI is InChI=1S/C14H23N3OS/c1-10(19-3)8-9-16-11(2)12-4-6-13(7-5-12)17-14(15)18/h4-7,10-11,16H,8-9H2,1-3H3,(H3,15,17,18). The van der Waals surface area contributed by atoms with Crippen molar-refractivity contribution < 1.29 is 4.79 Å². The van der Waals surface area contributed by atoms with Crippen LogP contribution in [0.25, 0.3) is 0 Å². The van der Waals surface area contributed by atoms with E-state index in [1.54, 1.807) is 0 Å². The van der Waals surface area contributed by atoms with E-state index in [2.05, 4.69) is 30.7 Å². The Morgan fingerprint density at radius 1 is 1.32 bits per heavy atom. The molecule has 0 aliphatic heterocycles. The summed E-state index contributed by atoms with van der Waals surface area (Å²) >= 11 is 1.89. The minimum Gasteiger partial charge on any atom is -0.351 e. The molecule has 0 fully saturated rings. The van der Waals surface area contributed by atoms with E-state index in [-0.39, 0.29) is 0 Å². The van der Waals surface area contributed by atoms with Crippen molar-refractivity contribution in [1.82, 2.24) is 5.32 Å². The van der Waals surface area contributed by atoms with Crippen LogP contribution in [0.5, 0.6) is 0 Å². The fourth-order valence-electron chi connectivity index (χ4n) is 1.74. The van der Waals surface area contributed by atoms with Gasteiger partial charge in [0.05, 0.1) is 0 Å². The maximum Gasteiger partial charge on any atom is 0.316 e. The molecule has 0 saturated carbocycles. The fraction of sp³-hybridized carbons (Fsp3) is 0.500. The van der Waals surface area contributed by atoms with Gasteiger partial charge in [-0.15, -0.1) is 0 Å². The maximum absolute atomic E-state index is 10.7. The number of urea groups is 1. The molecule has 2 atom stereocenters. The second kappa shape index (κ2) is 8.07. The van der Waals surface area contributed by atoms with Gasteiger partial charge in [0.2, 0.25) is 0 Å². The first-order chi connectivity index (χ1) is 9.02. The molecule has 4 N–H and O–H groups in total. The zero-order chi connectivity index (χ0) is 14.3. The summed E-state index contributed by atoms with van der Waals surface area (Å²) in [4.78, 5) is 10.7. The molecule has 0 aliphatic carbocycles. The van der Waals surface area contributed by atoms with Crippen molar-refractivity contribution in [3.63, 3.8) is 0 Å². The number of anilines is 1. The van der Waals surface area contributed by atoms with Crippen LogP contribution in [0, 0.1) is 0 Å². The minimum atomic E-state index is -0.537. The Bertz CT molecular complexity index is 394. The van der Waals surface area contributed by atoms with E-state index in [9.17, 15) is 4.79 Å². The summed E-state index contributed by atoms with van der Waals surface area (Å²) in [7, 11) is 0. The summed E-state index contributed by atoms with van der Waals surface area (Å²) < 4.78 is 0. The van der Waals surface area contributed by atoms with Gasteiger partial charge in [0.1, 0.15) is 0 Å². The Hall–Kier alpha value is -1.20. The number of amides is 2. The summed E-state index contributed by atoms with van der Waals surface area (Å²) in [6.45, 7) is 5.38. The van der Waals surface area contributed by atoms with Gasteiger partial charge in [0.15, 0.2) is 0 Å². The number of thioether (sulfide) groups is 1. The van der Waals surface area contributed by atoms with E-state index in [0.717, 1.165) is 18.7 Å². The predicted molar refractivity (Wildman–Crippen MR) is 83.7 cm³/mol. The molecular formula is C14H23N3OS. The van der Waals surface area contributed by atoms with Gasteiger partial charge in [-0.1, -0.05) is 19.1 Å². The van der Waals surface area contributed by atoms with Gasteiger partial charge in [-0.05, 0) is 43.8 Å². The third kappa shape index (κ3) is 5.98. The molecule has 5 heteroatoms. The first-order valence-electron chi connectivity index (χ1n) is 6.45. The van der Waals surface area contributed by atoms with Gasteiger partial charge < -0.3 is 16.4 Å². The molecule has 0 spiro atoms. The summed E-state index contributed by atoms with van der Waals surface area (Å²) in [5.41, 5.74) is 6.99. The smallest absolute Gasteiger partial charge is 0.316 e. The summed E-state index contributed by atoms with van der Waals surface area (Å²) in [6, 6.07) is 7.50. The van der Waals surface area contributed by atoms with Crippen LogP contribution in [0.1, 0.15) is 31.9 Å². The molecule has 4 nitrogen and oxygen atoms in total. The van der Waals surface area contributed by atoms with Crippen LogP contribution in [0.4, 0.5) is 10.5 Å². The number of rotatable bonds is 7. The largest absolute Gasteiger partial charge is 0.351 e. The first-order valence-corrected chi connectivity index (χ1v) is 7.74. The molecule has 0 saturated heterocycles. The Morgan fingerprint density at radius 3 is 2.47 bits per heavy atom. The molecule has 19 heavy (non-hydrogen) atoms. The number of carbonyl (C=O) groups is 1. The van der Waals surface area contributed by atoms with Crippen LogP contribution in [0.3, 0.4) is 0 Å². The van der Waals surface area contributed by atoms with Crippen molar-refractivity contribution >= 4 is 23.5 Å². The Labute approximate surface area is 119 Å². The van der Waals surface area contributed by atoms with Crippen molar-refractivity contribution in [2.75, 3.05) is 18.1 Å². The number of hydrogen-bond acceptors (Lipinski definition) is 3. The zero-order valence-electron chi connectivity index (χ0n) is 11.8. The first kappa shape index (κ1) is 15.9. The highest BCUT2D eigenvalue weighted by molar-refractivity contribution is 7.99. The highest BCUT2D eigenvalue weighted by Gasteiger charge is 2.06. The number of nitrogens with one attached hydrogen (secondary N) is 2. The number of carbonyl (C=O) groups excluding carboxylic acids is 1. The van der Waals surface area contributed by atoms with Crippen LogP contribution < -0.4 is 16.4 Å². The average Bonchev–Trinajstić information content (AvgIpc) is 2.38. The molecule has 106 valence electrons. The fourth-order valence-corrected chi connectivity index (χ4v) is 2.09. The third-order valence-electron chi connectivity index (χ3n) is 3.08. The molecule has 0 radical (unpaired) electrons. The molecule has 1 rings (SSSR count). The molecule has 1 aromatic rings. The lowest BCUT2D eigenvalue weighted by Gasteiger charge is -2.16. The van der Waals surface area contributed by atoms with Crippen LogP contribution >= 0.6 is 11.8 Å². The summed E-state index contributed by atoms with van der Waals surface area (Å²) in [5.74, 6) is 0. The average molecular weight is 281 g/mol. The van der Waals surface area contributed by atoms with Crippen LogP contribution in [-0.2, 0) is 0 Å². The lowest BCUT2D eigenvalue weighted by Crippen LogP contribution is -2.22. The summed E-state index contributed by atoms with van der Waals surface area (Å²) in [5, 5.41) is 6.73. The molecule has 0 bridgehead atoms. The molecule has 0 aromatic heterocycles. The normalized spacial score (nSPS) is 13.8. The Morgan fingerprint density at radius 2 is 1.95 bits per heavy atom. The van der Waals surface area contributed by atoms with E-state index in [1.165, 1.54) is 5.56 Å². The second-order valence-corrected chi connectivity index (χ2v) is 5.90. The van der Waals surface area contributed by atoms with Crippen molar-refractivity contribution in [2.24, 2.45) is 5.73 Å². The van der Waals surface area contributed by atoms with Crippen molar-refractivity contribution in [1.29, 1.82) is 0 Å². The minimum absolute atomic E-state index is 0.302. The van der Waals surface area contributed by atoms with Crippen LogP contribution in [-0.4, -0.2) is 24.1 Å². The van der Waals surface area contributed by atoms with Crippen molar-refractivity contribution in [2.45, 2.75) is 31.6 Å². The zero-order valence-corrected chi connectivity index (χ0v) is 12.6. The Balaban J connectivity index is 2.44. The highest BCUT2D eigenvalue weighted by Crippen LogP contribution is 2.16. The van der Waals surface area contributed by atoms with Gasteiger partial charge in [-0.2, -0.15) is 11.8 Å². The lowest BCUT2D eigenvalue weighted by molar-refractivity contribution is 0.259. The lowest BCUT2D eigenvalue weighted by atomic mass is 10.1. The number of benzene rings is 1. The predicted octanol–water partition coefficient (Wildman–Crippen LogP) is 2.97. The van der Waals surface area contributed by atoms with Gasteiger partial charge in [0.25, 0.3) is 0 Å². The van der Waals surface area contributed by atoms with E-state index in [4.69, 9.17) is 5.73 Å². The molecular weight excluding hydrogens is 258 g/mol. The Kier molecular flexibility index (Phi) is 6.73. The van der Waals surface area contributed by atoms with Crippen molar-refractivity contribution in [3.8, 4) is 0 Å². The van der Waals surface area contributed by atoms with Crippen LogP contribution in [0.2, 0.25) is 0 Å². The second-order valence-electron chi connectivity index (χ2n) is 4.62. The van der Waals surface area contributed by atoms with E-state index < -0.39 is 6.03 Å². The molecule has 2 amide bonds. The van der Waals surface area contributed by atoms with Crippen molar-refractivity contribution in [3.05, 3.63) is 29.8 Å². The topological polar surface area (TPSA) is 67.2 Å². The molecule has 0 aliphatic rings. The molecule has 1 aromatic carbocycles. The molecule has 0 heterocycles. The number of nitrogens with two attached hydrogens (primary N) is 1. The van der Waals surface area contributed by atoms with E-state index >= 15 is 0 Å².